The van der Waals surface area contributed by atoms with Gasteiger partial charge in [0.25, 0.3) is 0 Å². The molecule has 0 unspecified atom stereocenters. The van der Waals surface area contributed by atoms with Gasteiger partial charge in [-0.25, -0.2) is 4.39 Å². The first kappa shape index (κ1) is 14.2. The molecule has 3 aromatic carbocycles. The maximum atomic E-state index is 13.2. The topological polar surface area (TPSA) is 32.3 Å². The molecule has 2 nitrogen and oxygen atoms in total. The molecule has 2 atom stereocenters. The summed E-state index contributed by atoms with van der Waals surface area (Å²) >= 11 is 0. The third kappa shape index (κ3) is 2.68. The largest absolute Gasteiger partial charge is 0.393 e. The van der Waals surface area contributed by atoms with Crippen LogP contribution < -0.4 is 5.32 Å². The highest BCUT2D eigenvalue weighted by Crippen LogP contribution is 2.36. The van der Waals surface area contributed by atoms with Crippen molar-refractivity contribution in [3.63, 3.8) is 0 Å². The molecule has 23 heavy (non-hydrogen) atoms. The maximum absolute atomic E-state index is 13.2. The number of fused-ring (bicyclic) bond motifs is 3. The molecule has 0 radical (unpaired) electrons. The standard InChI is InChI=1S/C20H18FNO/c21-16-9-7-14(8-10-16)19-12-17(23)11-15-6-5-13-3-1-2-4-18(13)20(15)22-19/h1-10,17,19,22-23H,11-12H2/t17-,19+/m1/s1. The van der Waals surface area contributed by atoms with E-state index in [1.807, 2.05) is 12.1 Å². The van der Waals surface area contributed by atoms with Crippen molar-refractivity contribution in [2.75, 3.05) is 5.32 Å². The van der Waals surface area contributed by atoms with E-state index in [0.717, 1.165) is 22.2 Å². The number of aliphatic hydroxyl groups excluding tert-OH is 1. The highest BCUT2D eigenvalue weighted by atomic mass is 19.1. The zero-order valence-electron chi connectivity index (χ0n) is 12.7. The molecule has 0 aliphatic carbocycles. The summed E-state index contributed by atoms with van der Waals surface area (Å²) in [5, 5.41) is 16.3. The Labute approximate surface area is 134 Å². The third-order valence-electron chi connectivity index (χ3n) is 4.57. The average molecular weight is 307 g/mol. The van der Waals surface area contributed by atoms with Gasteiger partial charge in [0.15, 0.2) is 0 Å². The normalized spacial score (nSPS) is 20.6. The Morgan fingerprint density at radius 1 is 0.957 bits per heavy atom. The second-order valence-corrected chi connectivity index (χ2v) is 6.16. The van der Waals surface area contributed by atoms with Gasteiger partial charge >= 0.3 is 0 Å². The number of nitrogens with one attached hydrogen (secondary N) is 1. The van der Waals surface area contributed by atoms with Crippen LogP contribution in [0.1, 0.15) is 23.6 Å². The molecule has 1 heterocycles. The molecular weight excluding hydrogens is 289 g/mol. The molecule has 4 rings (SSSR count). The molecule has 1 aliphatic heterocycles. The molecule has 0 saturated carbocycles. The number of benzene rings is 3. The van der Waals surface area contributed by atoms with Crippen LogP contribution in [0.25, 0.3) is 10.8 Å². The second-order valence-electron chi connectivity index (χ2n) is 6.16. The minimum absolute atomic E-state index is 0.0299. The SMILES string of the molecule is O[C@@H]1Cc2ccc3ccccc3c2N[C@H](c2ccc(F)cc2)C1. The molecule has 2 N–H and O–H groups in total. The fourth-order valence-electron chi connectivity index (χ4n) is 3.41. The van der Waals surface area contributed by atoms with Gasteiger partial charge in [0.1, 0.15) is 5.82 Å². The Morgan fingerprint density at radius 2 is 1.74 bits per heavy atom. The first-order valence-electron chi connectivity index (χ1n) is 7.91. The van der Waals surface area contributed by atoms with Crippen LogP contribution in [-0.4, -0.2) is 11.2 Å². The van der Waals surface area contributed by atoms with Crippen molar-refractivity contribution in [2.45, 2.75) is 25.0 Å². The van der Waals surface area contributed by atoms with Crippen molar-refractivity contribution in [1.82, 2.24) is 0 Å². The van der Waals surface area contributed by atoms with Gasteiger partial charge in [0.05, 0.1) is 12.1 Å². The average Bonchev–Trinajstić information content (AvgIpc) is 2.74. The summed E-state index contributed by atoms with van der Waals surface area (Å²) in [7, 11) is 0. The Hall–Kier alpha value is -2.39. The van der Waals surface area contributed by atoms with Crippen molar-refractivity contribution in [3.8, 4) is 0 Å². The van der Waals surface area contributed by atoms with Crippen LogP contribution in [0.4, 0.5) is 10.1 Å². The lowest BCUT2D eigenvalue weighted by molar-refractivity contribution is 0.161. The smallest absolute Gasteiger partial charge is 0.123 e. The van der Waals surface area contributed by atoms with E-state index < -0.39 is 6.10 Å². The predicted octanol–water partition coefficient (Wildman–Crippen LogP) is 4.44. The highest BCUT2D eigenvalue weighted by molar-refractivity contribution is 5.95. The zero-order chi connectivity index (χ0) is 15.8. The minimum Gasteiger partial charge on any atom is -0.393 e. The van der Waals surface area contributed by atoms with Gasteiger partial charge in [-0.2, -0.15) is 0 Å². The number of anilines is 1. The van der Waals surface area contributed by atoms with Crippen LogP contribution in [0.15, 0.2) is 60.7 Å². The summed E-state index contributed by atoms with van der Waals surface area (Å²) < 4.78 is 13.2. The van der Waals surface area contributed by atoms with Crippen molar-refractivity contribution in [3.05, 3.63) is 77.6 Å². The number of aliphatic hydroxyl groups is 1. The Kier molecular flexibility index (Phi) is 3.50. The van der Waals surface area contributed by atoms with Crippen LogP contribution in [0.2, 0.25) is 0 Å². The van der Waals surface area contributed by atoms with Gasteiger partial charge in [0.2, 0.25) is 0 Å². The van der Waals surface area contributed by atoms with Gasteiger partial charge in [-0.05, 0) is 35.1 Å². The van der Waals surface area contributed by atoms with E-state index in [1.165, 1.54) is 17.5 Å². The monoisotopic (exact) mass is 307 g/mol. The summed E-state index contributed by atoms with van der Waals surface area (Å²) in [5.74, 6) is -0.242. The summed E-state index contributed by atoms with van der Waals surface area (Å²) in [6, 6.07) is 18.9. The lowest BCUT2D eigenvalue weighted by atomic mass is 9.99. The van der Waals surface area contributed by atoms with Gasteiger partial charge in [-0.1, -0.05) is 48.5 Å². The van der Waals surface area contributed by atoms with Crippen LogP contribution in [-0.2, 0) is 6.42 Å². The van der Waals surface area contributed by atoms with E-state index in [4.69, 9.17) is 0 Å². The lowest BCUT2D eigenvalue weighted by Crippen LogP contribution is -2.16. The van der Waals surface area contributed by atoms with Gasteiger partial charge in [-0.3, -0.25) is 0 Å². The van der Waals surface area contributed by atoms with Gasteiger partial charge in [0, 0.05) is 17.5 Å². The van der Waals surface area contributed by atoms with E-state index in [9.17, 15) is 9.50 Å². The molecule has 3 heteroatoms. The molecular formula is C20H18FNO. The molecule has 0 fully saturated rings. The fourth-order valence-corrected chi connectivity index (χ4v) is 3.41. The van der Waals surface area contributed by atoms with Crippen molar-refractivity contribution >= 4 is 16.5 Å². The van der Waals surface area contributed by atoms with E-state index in [0.29, 0.717) is 12.8 Å². The second kappa shape index (κ2) is 5.67. The molecule has 0 spiro atoms. The van der Waals surface area contributed by atoms with Crippen LogP contribution in [0.3, 0.4) is 0 Å². The number of rotatable bonds is 1. The minimum atomic E-state index is -0.417. The zero-order valence-corrected chi connectivity index (χ0v) is 12.7. The summed E-state index contributed by atoms with van der Waals surface area (Å²) in [6.45, 7) is 0. The van der Waals surface area contributed by atoms with E-state index in [-0.39, 0.29) is 11.9 Å². The van der Waals surface area contributed by atoms with E-state index >= 15 is 0 Å². The summed E-state index contributed by atoms with van der Waals surface area (Å²) in [4.78, 5) is 0. The Balaban J connectivity index is 1.81. The van der Waals surface area contributed by atoms with Gasteiger partial charge < -0.3 is 10.4 Å². The highest BCUT2D eigenvalue weighted by Gasteiger charge is 2.24. The predicted molar refractivity (Wildman–Crippen MR) is 91.0 cm³/mol. The first-order chi connectivity index (χ1) is 11.2. The molecule has 1 aliphatic rings. The summed E-state index contributed by atoms with van der Waals surface area (Å²) in [5.41, 5.74) is 3.20. The summed E-state index contributed by atoms with van der Waals surface area (Å²) in [6.07, 6.45) is 0.819. The first-order valence-corrected chi connectivity index (χ1v) is 7.91. The Bertz CT molecular complexity index is 844. The number of hydrogen-bond acceptors (Lipinski definition) is 2. The molecule has 0 amide bonds. The van der Waals surface area contributed by atoms with Crippen LogP contribution in [0.5, 0.6) is 0 Å². The van der Waals surface area contributed by atoms with E-state index in [1.54, 1.807) is 12.1 Å². The van der Waals surface area contributed by atoms with Crippen LogP contribution >= 0.6 is 0 Å². The third-order valence-corrected chi connectivity index (χ3v) is 4.57. The Morgan fingerprint density at radius 3 is 2.57 bits per heavy atom. The van der Waals surface area contributed by atoms with E-state index in [2.05, 4.69) is 29.6 Å². The molecule has 3 aromatic rings. The molecule has 116 valence electrons. The van der Waals surface area contributed by atoms with Crippen molar-refractivity contribution < 1.29 is 9.50 Å². The fraction of sp³-hybridized carbons (Fsp3) is 0.200. The van der Waals surface area contributed by atoms with Crippen LogP contribution in [0, 0.1) is 5.82 Å². The number of hydrogen-bond donors (Lipinski definition) is 2. The lowest BCUT2D eigenvalue weighted by Gasteiger charge is -2.20. The quantitative estimate of drug-likeness (QED) is 0.696. The molecule has 0 saturated heterocycles. The van der Waals surface area contributed by atoms with Crippen molar-refractivity contribution in [2.24, 2.45) is 0 Å². The number of halogens is 1. The maximum Gasteiger partial charge on any atom is 0.123 e. The molecule has 0 aromatic heterocycles. The van der Waals surface area contributed by atoms with Gasteiger partial charge in [-0.15, -0.1) is 0 Å². The molecule has 0 bridgehead atoms. The van der Waals surface area contributed by atoms with Crippen molar-refractivity contribution in [1.29, 1.82) is 0 Å².